The lowest BCUT2D eigenvalue weighted by molar-refractivity contribution is 0.190. The van der Waals surface area contributed by atoms with Crippen LogP contribution in [-0.4, -0.2) is 20.3 Å². The average molecular weight is 235 g/mol. The van der Waals surface area contributed by atoms with Crippen LogP contribution in [0.3, 0.4) is 0 Å². The smallest absolute Gasteiger partial charge is 0.0462 e. The van der Waals surface area contributed by atoms with Gasteiger partial charge in [0.05, 0.1) is 0 Å². The van der Waals surface area contributed by atoms with Crippen LogP contribution in [0.5, 0.6) is 0 Å². The summed E-state index contributed by atoms with van der Waals surface area (Å²) in [6.45, 7) is 3.78. The van der Waals surface area contributed by atoms with Crippen LogP contribution in [0, 0.1) is 12.8 Å². The largest absolute Gasteiger partial charge is 0.385 e. The highest BCUT2D eigenvalue weighted by atomic mass is 16.5. The summed E-state index contributed by atoms with van der Waals surface area (Å²) >= 11 is 0. The maximum absolute atomic E-state index is 5.84. The van der Waals surface area contributed by atoms with Crippen molar-refractivity contribution in [2.75, 3.05) is 20.3 Å². The second-order valence-corrected chi connectivity index (χ2v) is 4.78. The summed E-state index contributed by atoms with van der Waals surface area (Å²) < 4.78 is 5.06. The summed E-state index contributed by atoms with van der Waals surface area (Å²) in [5.41, 5.74) is 8.58. The minimum atomic E-state index is 0.605. The highest BCUT2D eigenvalue weighted by Gasteiger charge is 2.07. The van der Waals surface area contributed by atoms with Gasteiger partial charge in [0.1, 0.15) is 0 Å². The van der Waals surface area contributed by atoms with Crippen LogP contribution >= 0.6 is 0 Å². The zero-order valence-corrected chi connectivity index (χ0v) is 11.1. The third-order valence-corrected chi connectivity index (χ3v) is 3.15. The van der Waals surface area contributed by atoms with E-state index >= 15 is 0 Å². The van der Waals surface area contributed by atoms with Crippen LogP contribution in [0.15, 0.2) is 24.3 Å². The number of rotatable bonds is 8. The van der Waals surface area contributed by atoms with Crippen molar-refractivity contribution in [2.45, 2.75) is 32.6 Å². The molecule has 1 atom stereocenters. The van der Waals surface area contributed by atoms with Crippen molar-refractivity contribution in [3.05, 3.63) is 35.4 Å². The molecule has 0 amide bonds. The first-order chi connectivity index (χ1) is 8.26. The van der Waals surface area contributed by atoms with E-state index in [0.29, 0.717) is 5.92 Å². The number of benzene rings is 1. The van der Waals surface area contributed by atoms with Gasteiger partial charge in [0.25, 0.3) is 0 Å². The Hall–Kier alpha value is -0.860. The molecule has 0 saturated heterocycles. The van der Waals surface area contributed by atoms with Crippen LogP contribution in [0.2, 0.25) is 0 Å². The Balaban J connectivity index is 2.35. The van der Waals surface area contributed by atoms with Gasteiger partial charge in [-0.25, -0.2) is 0 Å². The standard InChI is InChI=1S/C15H25NO/c1-13-6-5-8-14(10-13)11-15(12-16)7-3-4-9-17-2/h5-6,8,10,15H,3-4,7,9,11-12,16H2,1-2H3. The van der Waals surface area contributed by atoms with Gasteiger partial charge in [0, 0.05) is 13.7 Å². The van der Waals surface area contributed by atoms with Crippen LogP contribution in [0.1, 0.15) is 30.4 Å². The highest BCUT2D eigenvalue weighted by Crippen LogP contribution is 2.15. The molecule has 1 aromatic carbocycles. The molecule has 0 bridgehead atoms. The van der Waals surface area contributed by atoms with Crippen molar-refractivity contribution in [3.8, 4) is 0 Å². The van der Waals surface area contributed by atoms with Gasteiger partial charge < -0.3 is 10.5 Å². The zero-order chi connectivity index (χ0) is 12.5. The molecule has 96 valence electrons. The van der Waals surface area contributed by atoms with Crippen molar-refractivity contribution in [2.24, 2.45) is 11.7 Å². The molecule has 0 aromatic heterocycles. The molecule has 1 aromatic rings. The van der Waals surface area contributed by atoms with Crippen LogP contribution < -0.4 is 5.73 Å². The molecule has 0 aliphatic heterocycles. The summed E-state index contributed by atoms with van der Waals surface area (Å²) in [5.74, 6) is 0.605. The van der Waals surface area contributed by atoms with E-state index in [0.717, 1.165) is 26.0 Å². The lowest BCUT2D eigenvalue weighted by Gasteiger charge is -2.14. The Morgan fingerprint density at radius 3 is 2.76 bits per heavy atom. The van der Waals surface area contributed by atoms with E-state index in [1.807, 2.05) is 0 Å². The van der Waals surface area contributed by atoms with Gasteiger partial charge in [0.15, 0.2) is 0 Å². The summed E-state index contributed by atoms with van der Waals surface area (Å²) in [4.78, 5) is 0. The predicted octanol–water partition coefficient (Wildman–Crippen LogP) is 2.93. The second-order valence-electron chi connectivity index (χ2n) is 4.78. The van der Waals surface area contributed by atoms with Crippen molar-refractivity contribution >= 4 is 0 Å². The molecule has 1 unspecified atom stereocenters. The Bertz CT molecular complexity index is 312. The molecule has 0 spiro atoms. The van der Waals surface area contributed by atoms with E-state index in [4.69, 9.17) is 10.5 Å². The van der Waals surface area contributed by atoms with E-state index in [1.54, 1.807) is 7.11 Å². The fraction of sp³-hybridized carbons (Fsp3) is 0.600. The molecule has 0 aliphatic carbocycles. The van der Waals surface area contributed by atoms with Crippen molar-refractivity contribution in [3.63, 3.8) is 0 Å². The highest BCUT2D eigenvalue weighted by molar-refractivity contribution is 5.22. The summed E-state index contributed by atoms with van der Waals surface area (Å²) in [7, 11) is 1.76. The Labute approximate surface area is 105 Å². The minimum absolute atomic E-state index is 0.605. The normalized spacial score (nSPS) is 12.6. The van der Waals surface area contributed by atoms with Gasteiger partial charge >= 0.3 is 0 Å². The van der Waals surface area contributed by atoms with Crippen LogP contribution in [-0.2, 0) is 11.2 Å². The predicted molar refractivity (Wildman–Crippen MR) is 73.2 cm³/mol. The number of ether oxygens (including phenoxy) is 1. The topological polar surface area (TPSA) is 35.2 Å². The van der Waals surface area contributed by atoms with Gasteiger partial charge in [-0.05, 0) is 44.2 Å². The molecule has 0 fully saturated rings. The maximum atomic E-state index is 5.84. The number of nitrogens with two attached hydrogens (primary N) is 1. The number of hydrogen-bond acceptors (Lipinski definition) is 2. The Morgan fingerprint density at radius 1 is 1.29 bits per heavy atom. The van der Waals surface area contributed by atoms with Crippen LogP contribution in [0.4, 0.5) is 0 Å². The van der Waals surface area contributed by atoms with E-state index in [9.17, 15) is 0 Å². The van der Waals surface area contributed by atoms with Crippen molar-refractivity contribution in [1.29, 1.82) is 0 Å². The van der Waals surface area contributed by atoms with Gasteiger partial charge in [-0.2, -0.15) is 0 Å². The molecule has 0 heterocycles. The van der Waals surface area contributed by atoms with E-state index in [1.165, 1.54) is 24.0 Å². The molecule has 0 saturated carbocycles. The summed E-state index contributed by atoms with van der Waals surface area (Å²) in [6.07, 6.45) is 4.65. The lowest BCUT2D eigenvalue weighted by atomic mass is 9.93. The molecular weight excluding hydrogens is 210 g/mol. The third-order valence-electron chi connectivity index (χ3n) is 3.15. The van der Waals surface area contributed by atoms with Crippen molar-refractivity contribution in [1.82, 2.24) is 0 Å². The minimum Gasteiger partial charge on any atom is -0.385 e. The maximum Gasteiger partial charge on any atom is 0.0462 e. The van der Waals surface area contributed by atoms with E-state index in [2.05, 4.69) is 31.2 Å². The SMILES string of the molecule is COCCCCC(CN)Cc1cccc(C)c1. The van der Waals surface area contributed by atoms with Crippen molar-refractivity contribution < 1.29 is 4.74 Å². The number of aryl methyl sites for hydroxylation is 1. The van der Waals surface area contributed by atoms with Crippen LogP contribution in [0.25, 0.3) is 0 Å². The summed E-state index contributed by atoms with van der Waals surface area (Å²) in [5, 5.41) is 0. The first kappa shape index (κ1) is 14.2. The monoisotopic (exact) mass is 235 g/mol. The quantitative estimate of drug-likeness (QED) is 0.703. The first-order valence-corrected chi connectivity index (χ1v) is 6.50. The molecule has 2 heteroatoms. The van der Waals surface area contributed by atoms with E-state index in [-0.39, 0.29) is 0 Å². The molecule has 1 rings (SSSR count). The van der Waals surface area contributed by atoms with E-state index < -0.39 is 0 Å². The number of methoxy groups -OCH3 is 1. The Kier molecular flexibility index (Phi) is 6.90. The van der Waals surface area contributed by atoms with Gasteiger partial charge in [-0.15, -0.1) is 0 Å². The molecule has 2 nitrogen and oxygen atoms in total. The first-order valence-electron chi connectivity index (χ1n) is 6.50. The molecule has 17 heavy (non-hydrogen) atoms. The number of hydrogen-bond donors (Lipinski definition) is 1. The molecular formula is C15H25NO. The molecule has 0 aliphatic rings. The third kappa shape index (κ3) is 5.85. The fourth-order valence-electron chi connectivity index (χ4n) is 2.16. The van der Waals surface area contributed by atoms with Gasteiger partial charge in [-0.1, -0.05) is 36.2 Å². The second kappa shape index (κ2) is 8.26. The summed E-state index contributed by atoms with van der Waals surface area (Å²) in [6, 6.07) is 8.73. The zero-order valence-electron chi connectivity index (χ0n) is 11.1. The fourth-order valence-corrected chi connectivity index (χ4v) is 2.16. The van der Waals surface area contributed by atoms with Gasteiger partial charge in [-0.3, -0.25) is 0 Å². The average Bonchev–Trinajstić information content (AvgIpc) is 2.33. The number of unbranched alkanes of at least 4 members (excludes halogenated alkanes) is 1. The Morgan fingerprint density at radius 2 is 2.12 bits per heavy atom. The van der Waals surface area contributed by atoms with Gasteiger partial charge in [0.2, 0.25) is 0 Å². The molecule has 2 N–H and O–H groups in total. The molecule has 0 radical (unpaired) electrons. The lowest BCUT2D eigenvalue weighted by Crippen LogP contribution is -2.17.